The first-order valence-corrected chi connectivity index (χ1v) is 6.39. The number of halogens is 1. The van der Waals surface area contributed by atoms with Crippen molar-refractivity contribution >= 4 is 17.6 Å². The Balaban J connectivity index is 1.78. The van der Waals surface area contributed by atoms with E-state index in [1.165, 1.54) is 18.6 Å². The van der Waals surface area contributed by atoms with E-state index in [0.29, 0.717) is 11.8 Å². The van der Waals surface area contributed by atoms with E-state index in [-0.39, 0.29) is 23.1 Å². The number of carbonyl (C=O) groups excluding carboxylic acids is 1. The minimum atomic E-state index is -1.25. The largest absolute Gasteiger partial charge is 0.478 e. The van der Waals surface area contributed by atoms with E-state index in [0.717, 1.165) is 18.9 Å². The van der Waals surface area contributed by atoms with Crippen LogP contribution in [0.25, 0.3) is 0 Å². The lowest BCUT2D eigenvalue weighted by atomic mass is 10.0. The van der Waals surface area contributed by atoms with Crippen molar-refractivity contribution in [3.05, 3.63) is 29.6 Å². The molecule has 2 N–H and O–H groups in total. The lowest BCUT2D eigenvalue weighted by Crippen LogP contribution is -2.23. The molecule has 2 atom stereocenters. The number of nitrogens with one attached hydrogen (secondary N) is 1. The molecule has 19 heavy (non-hydrogen) atoms. The van der Waals surface area contributed by atoms with Crippen LogP contribution in [0.15, 0.2) is 18.2 Å². The van der Waals surface area contributed by atoms with Crippen LogP contribution in [0.1, 0.15) is 29.6 Å². The van der Waals surface area contributed by atoms with E-state index in [1.54, 1.807) is 0 Å². The molecule has 0 bridgehead atoms. The minimum absolute atomic E-state index is 0.106. The Morgan fingerprint density at radius 2 is 1.89 bits per heavy atom. The summed E-state index contributed by atoms with van der Waals surface area (Å²) in [5, 5.41) is 11.4. The van der Waals surface area contributed by atoms with Crippen LogP contribution in [0, 0.1) is 23.6 Å². The predicted molar refractivity (Wildman–Crippen MR) is 66.3 cm³/mol. The number of aromatic carboxylic acids is 1. The van der Waals surface area contributed by atoms with Gasteiger partial charge < -0.3 is 10.4 Å². The van der Waals surface area contributed by atoms with Gasteiger partial charge in [0.1, 0.15) is 5.82 Å². The van der Waals surface area contributed by atoms with Crippen molar-refractivity contribution < 1.29 is 19.1 Å². The third-order valence-electron chi connectivity index (χ3n) is 4.11. The predicted octanol–water partition coefficient (Wildman–Crippen LogP) is 2.51. The van der Waals surface area contributed by atoms with Crippen molar-refractivity contribution in [1.29, 1.82) is 0 Å². The topological polar surface area (TPSA) is 66.4 Å². The summed E-state index contributed by atoms with van der Waals surface area (Å²) in [6.45, 7) is 0. The van der Waals surface area contributed by atoms with Gasteiger partial charge in [0.15, 0.2) is 0 Å². The quantitative estimate of drug-likeness (QED) is 0.880. The number of hydrogen-bond donors (Lipinski definition) is 2. The molecule has 2 fully saturated rings. The van der Waals surface area contributed by atoms with Gasteiger partial charge in [0, 0.05) is 5.92 Å². The molecule has 3 rings (SSSR count). The van der Waals surface area contributed by atoms with Gasteiger partial charge in [-0.05, 0) is 43.2 Å². The first-order valence-electron chi connectivity index (χ1n) is 6.39. The average Bonchev–Trinajstić information content (AvgIpc) is 2.98. The van der Waals surface area contributed by atoms with Gasteiger partial charge in [-0.15, -0.1) is 0 Å². The number of rotatable bonds is 3. The summed E-state index contributed by atoms with van der Waals surface area (Å²) in [5.41, 5.74) is -0.433. The number of benzene rings is 1. The summed E-state index contributed by atoms with van der Waals surface area (Å²) in [5.74, 6) is -1.03. The van der Waals surface area contributed by atoms with Gasteiger partial charge in [-0.25, -0.2) is 9.18 Å². The molecular formula is C14H14FNO3. The van der Waals surface area contributed by atoms with Crippen molar-refractivity contribution in [2.75, 3.05) is 5.32 Å². The number of anilines is 1. The van der Waals surface area contributed by atoms with Crippen LogP contribution in [0.4, 0.5) is 10.1 Å². The molecule has 0 saturated heterocycles. The number of para-hydroxylation sites is 1. The maximum Gasteiger partial charge on any atom is 0.337 e. The molecule has 0 spiro atoms. The molecule has 0 aliphatic heterocycles. The van der Waals surface area contributed by atoms with Gasteiger partial charge in [0.25, 0.3) is 0 Å². The Bertz CT molecular complexity index is 548. The average molecular weight is 263 g/mol. The second kappa shape index (κ2) is 4.33. The van der Waals surface area contributed by atoms with E-state index in [9.17, 15) is 14.0 Å². The molecule has 2 saturated carbocycles. The smallest absolute Gasteiger partial charge is 0.337 e. The Morgan fingerprint density at radius 1 is 1.21 bits per heavy atom. The van der Waals surface area contributed by atoms with Crippen molar-refractivity contribution in [2.45, 2.75) is 19.3 Å². The zero-order valence-corrected chi connectivity index (χ0v) is 10.2. The highest BCUT2D eigenvalue weighted by atomic mass is 19.1. The first-order chi connectivity index (χ1) is 9.06. The van der Waals surface area contributed by atoms with Crippen molar-refractivity contribution in [3.63, 3.8) is 0 Å². The zero-order chi connectivity index (χ0) is 13.6. The van der Waals surface area contributed by atoms with E-state index in [1.807, 2.05) is 0 Å². The summed E-state index contributed by atoms with van der Waals surface area (Å²) in [6.07, 6.45) is 2.88. The number of amides is 1. The molecule has 1 aromatic rings. The monoisotopic (exact) mass is 263 g/mol. The fourth-order valence-electron chi connectivity index (χ4n) is 2.98. The molecule has 5 heteroatoms. The molecule has 0 radical (unpaired) electrons. The lowest BCUT2D eigenvalue weighted by molar-refractivity contribution is -0.120. The van der Waals surface area contributed by atoms with E-state index < -0.39 is 11.8 Å². The van der Waals surface area contributed by atoms with Crippen molar-refractivity contribution in [1.82, 2.24) is 0 Å². The van der Waals surface area contributed by atoms with Crippen LogP contribution >= 0.6 is 0 Å². The number of carboxylic acids is 1. The summed E-state index contributed by atoms with van der Waals surface area (Å²) in [7, 11) is 0. The Hall–Kier alpha value is -1.91. The molecule has 0 aromatic heterocycles. The summed E-state index contributed by atoms with van der Waals surface area (Å²) in [6, 6.07) is 3.75. The van der Waals surface area contributed by atoms with Crippen LogP contribution < -0.4 is 5.32 Å². The van der Waals surface area contributed by atoms with Crippen LogP contribution in [0.5, 0.6) is 0 Å². The van der Waals surface area contributed by atoms with Crippen molar-refractivity contribution in [3.8, 4) is 0 Å². The highest BCUT2D eigenvalue weighted by molar-refractivity contribution is 6.01. The Labute approximate surface area is 109 Å². The van der Waals surface area contributed by atoms with Crippen LogP contribution in [-0.2, 0) is 4.79 Å². The van der Waals surface area contributed by atoms with E-state index in [4.69, 9.17) is 5.11 Å². The second-order valence-electron chi connectivity index (χ2n) is 5.38. The Kier molecular flexibility index (Phi) is 2.77. The molecule has 100 valence electrons. The van der Waals surface area contributed by atoms with E-state index in [2.05, 4.69) is 5.32 Å². The zero-order valence-electron chi connectivity index (χ0n) is 10.2. The standard InChI is InChI=1S/C14H14FNO3/c15-11-3-1-2-10(14(18)19)12(11)16-13(17)9-5-7-4-8(7)6-9/h1-3,7-9H,4-6H2,(H,16,17)(H,18,19). The van der Waals surface area contributed by atoms with Gasteiger partial charge in [-0.2, -0.15) is 0 Å². The molecule has 4 nitrogen and oxygen atoms in total. The number of carbonyl (C=O) groups is 2. The maximum atomic E-state index is 13.7. The molecule has 2 aliphatic carbocycles. The third kappa shape index (κ3) is 2.20. The minimum Gasteiger partial charge on any atom is -0.478 e. The third-order valence-corrected chi connectivity index (χ3v) is 4.11. The summed E-state index contributed by atoms with van der Waals surface area (Å²) >= 11 is 0. The fourth-order valence-corrected chi connectivity index (χ4v) is 2.98. The molecule has 1 aromatic carbocycles. The number of hydrogen-bond acceptors (Lipinski definition) is 2. The molecule has 0 heterocycles. The lowest BCUT2D eigenvalue weighted by Gasteiger charge is -2.14. The fraction of sp³-hybridized carbons (Fsp3) is 0.429. The van der Waals surface area contributed by atoms with Crippen LogP contribution in [0.2, 0.25) is 0 Å². The second-order valence-corrected chi connectivity index (χ2v) is 5.38. The first kappa shape index (κ1) is 12.1. The van der Waals surface area contributed by atoms with Gasteiger partial charge in [-0.3, -0.25) is 4.79 Å². The normalized spacial score (nSPS) is 27.7. The maximum absolute atomic E-state index is 13.7. The van der Waals surface area contributed by atoms with Gasteiger partial charge in [-0.1, -0.05) is 6.07 Å². The van der Waals surface area contributed by atoms with Gasteiger partial charge in [0.2, 0.25) is 5.91 Å². The SMILES string of the molecule is O=C(O)c1cccc(F)c1NC(=O)C1CC2CC2C1. The highest BCUT2D eigenvalue weighted by Crippen LogP contribution is 2.54. The molecular weight excluding hydrogens is 249 g/mol. The molecule has 2 aliphatic rings. The number of carboxylic acid groups (broad SMARTS) is 1. The van der Waals surface area contributed by atoms with E-state index >= 15 is 0 Å². The van der Waals surface area contributed by atoms with Gasteiger partial charge >= 0.3 is 5.97 Å². The highest BCUT2D eigenvalue weighted by Gasteiger charge is 2.48. The van der Waals surface area contributed by atoms with Gasteiger partial charge in [0.05, 0.1) is 11.3 Å². The van der Waals surface area contributed by atoms with Crippen molar-refractivity contribution in [2.24, 2.45) is 17.8 Å². The molecule has 2 unspecified atom stereocenters. The molecule has 1 amide bonds. The van der Waals surface area contributed by atoms with Crippen LogP contribution in [-0.4, -0.2) is 17.0 Å². The Morgan fingerprint density at radius 3 is 2.53 bits per heavy atom. The van der Waals surface area contributed by atoms with Crippen LogP contribution in [0.3, 0.4) is 0 Å². The number of fused-ring (bicyclic) bond motifs is 1. The summed E-state index contributed by atoms with van der Waals surface area (Å²) < 4.78 is 13.7. The summed E-state index contributed by atoms with van der Waals surface area (Å²) in [4.78, 5) is 23.1.